The maximum atomic E-state index is 10.4. The van der Waals surface area contributed by atoms with Crippen LogP contribution >= 0.6 is 12.4 Å². The molecule has 0 radical (unpaired) electrons. The summed E-state index contributed by atoms with van der Waals surface area (Å²) >= 11 is 0. The number of amides is 1. The Morgan fingerprint density at radius 3 is 2.38 bits per heavy atom. The zero-order valence-corrected chi connectivity index (χ0v) is 9.11. The standard InChI is InChI=1S/C9H20N2O.ClH/c1-2-3-4-5-6-8(10)7-9(11)12;/h8H,2-7,10H2,1H3,(H2,11,12);1H/t8-;/m0./s1. The molecule has 0 aromatic rings. The van der Waals surface area contributed by atoms with Gasteiger partial charge in [0, 0.05) is 12.5 Å². The highest BCUT2D eigenvalue weighted by molar-refractivity contribution is 5.85. The first-order valence-electron chi connectivity index (χ1n) is 4.70. The van der Waals surface area contributed by atoms with Crippen LogP contribution in [0.2, 0.25) is 0 Å². The molecule has 13 heavy (non-hydrogen) atoms. The molecule has 0 aromatic heterocycles. The van der Waals surface area contributed by atoms with Crippen molar-refractivity contribution in [3.8, 4) is 0 Å². The summed E-state index contributed by atoms with van der Waals surface area (Å²) in [5.41, 5.74) is 10.7. The molecule has 0 aliphatic rings. The highest BCUT2D eigenvalue weighted by Crippen LogP contribution is 2.05. The van der Waals surface area contributed by atoms with E-state index in [0.717, 1.165) is 12.8 Å². The van der Waals surface area contributed by atoms with E-state index in [1.165, 1.54) is 19.3 Å². The molecule has 0 aliphatic carbocycles. The average molecular weight is 209 g/mol. The Morgan fingerprint density at radius 2 is 1.92 bits per heavy atom. The second kappa shape index (κ2) is 9.81. The number of hydrogen-bond donors (Lipinski definition) is 2. The fourth-order valence-electron chi connectivity index (χ4n) is 1.19. The van der Waals surface area contributed by atoms with Gasteiger partial charge >= 0.3 is 0 Å². The van der Waals surface area contributed by atoms with Crippen molar-refractivity contribution in [3.63, 3.8) is 0 Å². The predicted molar refractivity (Wildman–Crippen MR) is 57.8 cm³/mol. The van der Waals surface area contributed by atoms with Crippen molar-refractivity contribution in [2.45, 2.75) is 51.5 Å². The molecule has 4 heteroatoms. The molecule has 0 saturated carbocycles. The van der Waals surface area contributed by atoms with Crippen LogP contribution in [0.5, 0.6) is 0 Å². The van der Waals surface area contributed by atoms with Gasteiger partial charge in [-0.15, -0.1) is 12.4 Å². The Kier molecular flexibility index (Phi) is 11.5. The average Bonchev–Trinajstić information content (AvgIpc) is 1.97. The summed E-state index contributed by atoms with van der Waals surface area (Å²) < 4.78 is 0. The largest absolute Gasteiger partial charge is 0.370 e. The van der Waals surface area contributed by atoms with Crippen molar-refractivity contribution in [1.82, 2.24) is 0 Å². The topological polar surface area (TPSA) is 69.1 Å². The van der Waals surface area contributed by atoms with Gasteiger partial charge in [-0.2, -0.15) is 0 Å². The second-order valence-corrected chi connectivity index (χ2v) is 3.28. The smallest absolute Gasteiger partial charge is 0.218 e. The first-order chi connectivity index (χ1) is 5.66. The Balaban J connectivity index is 0. The van der Waals surface area contributed by atoms with Gasteiger partial charge in [0.15, 0.2) is 0 Å². The van der Waals surface area contributed by atoms with E-state index in [9.17, 15) is 4.79 Å². The third-order valence-electron chi connectivity index (χ3n) is 1.89. The zero-order valence-electron chi connectivity index (χ0n) is 8.29. The second-order valence-electron chi connectivity index (χ2n) is 3.28. The van der Waals surface area contributed by atoms with E-state index in [2.05, 4.69) is 6.92 Å². The molecule has 4 N–H and O–H groups in total. The fourth-order valence-corrected chi connectivity index (χ4v) is 1.19. The Morgan fingerprint density at radius 1 is 1.31 bits per heavy atom. The number of hydrogen-bond acceptors (Lipinski definition) is 2. The van der Waals surface area contributed by atoms with Crippen LogP contribution in [0.1, 0.15) is 45.4 Å². The van der Waals surface area contributed by atoms with Gasteiger partial charge in [-0.3, -0.25) is 4.79 Å². The minimum Gasteiger partial charge on any atom is -0.370 e. The van der Waals surface area contributed by atoms with E-state index in [0.29, 0.717) is 6.42 Å². The summed E-state index contributed by atoms with van der Waals surface area (Å²) in [6, 6.07) is -0.0284. The summed E-state index contributed by atoms with van der Waals surface area (Å²) in [5.74, 6) is -0.294. The van der Waals surface area contributed by atoms with Crippen molar-refractivity contribution in [2.75, 3.05) is 0 Å². The number of carbonyl (C=O) groups excluding carboxylic acids is 1. The molecule has 0 unspecified atom stereocenters. The lowest BCUT2D eigenvalue weighted by atomic mass is 10.1. The Bertz CT molecular complexity index is 131. The zero-order chi connectivity index (χ0) is 9.40. The van der Waals surface area contributed by atoms with Gasteiger partial charge in [-0.25, -0.2) is 0 Å². The van der Waals surface area contributed by atoms with Crippen molar-refractivity contribution in [1.29, 1.82) is 0 Å². The van der Waals surface area contributed by atoms with Crippen molar-refractivity contribution in [2.24, 2.45) is 11.5 Å². The number of primary amides is 1. The maximum absolute atomic E-state index is 10.4. The molecular formula is C9H21ClN2O. The molecule has 0 fully saturated rings. The van der Waals surface area contributed by atoms with E-state index >= 15 is 0 Å². The lowest BCUT2D eigenvalue weighted by Crippen LogP contribution is -2.27. The number of unbranched alkanes of at least 4 members (excludes halogenated alkanes) is 3. The Hall–Kier alpha value is -0.280. The molecule has 0 aromatic carbocycles. The lowest BCUT2D eigenvalue weighted by molar-refractivity contribution is -0.118. The summed E-state index contributed by atoms with van der Waals surface area (Å²) in [7, 11) is 0. The molecule has 1 amide bonds. The number of carbonyl (C=O) groups is 1. The van der Waals surface area contributed by atoms with Crippen LogP contribution in [0, 0.1) is 0 Å². The molecule has 1 atom stereocenters. The molecule has 0 bridgehead atoms. The molecule has 0 heterocycles. The number of nitrogens with two attached hydrogens (primary N) is 2. The van der Waals surface area contributed by atoms with Gasteiger partial charge in [0.2, 0.25) is 5.91 Å². The minimum atomic E-state index is -0.294. The molecule has 0 rings (SSSR count). The fraction of sp³-hybridized carbons (Fsp3) is 0.889. The third kappa shape index (κ3) is 11.7. The Labute approximate surface area is 86.7 Å². The highest BCUT2D eigenvalue weighted by Gasteiger charge is 2.04. The van der Waals surface area contributed by atoms with Crippen molar-refractivity contribution < 1.29 is 4.79 Å². The number of rotatable bonds is 7. The van der Waals surface area contributed by atoms with Crippen LogP contribution in [0.3, 0.4) is 0 Å². The van der Waals surface area contributed by atoms with Crippen molar-refractivity contribution in [3.05, 3.63) is 0 Å². The van der Waals surface area contributed by atoms with Crippen LogP contribution in [-0.2, 0) is 4.79 Å². The monoisotopic (exact) mass is 208 g/mol. The van der Waals surface area contributed by atoms with Crippen LogP contribution in [0.15, 0.2) is 0 Å². The molecule has 80 valence electrons. The van der Waals surface area contributed by atoms with E-state index in [1.807, 2.05) is 0 Å². The molecule has 0 spiro atoms. The van der Waals surface area contributed by atoms with Gasteiger partial charge in [0.05, 0.1) is 0 Å². The lowest BCUT2D eigenvalue weighted by Gasteiger charge is -2.07. The summed E-state index contributed by atoms with van der Waals surface area (Å²) in [6.07, 6.45) is 6.05. The number of halogens is 1. The molecule has 0 saturated heterocycles. The molecule has 3 nitrogen and oxygen atoms in total. The molecule has 0 aliphatic heterocycles. The van der Waals surface area contributed by atoms with Gasteiger partial charge in [-0.1, -0.05) is 32.6 Å². The highest BCUT2D eigenvalue weighted by atomic mass is 35.5. The van der Waals surface area contributed by atoms with Gasteiger partial charge in [0.25, 0.3) is 0 Å². The van der Waals surface area contributed by atoms with E-state index < -0.39 is 0 Å². The molecular weight excluding hydrogens is 188 g/mol. The predicted octanol–water partition coefficient (Wildman–Crippen LogP) is 1.58. The van der Waals surface area contributed by atoms with E-state index in [4.69, 9.17) is 11.5 Å². The van der Waals surface area contributed by atoms with E-state index in [1.54, 1.807) is 0 Å². The summed E-state index contributed by atoms with van der Waals surface area (Å²) in [4.78, 5) is 10.4. The van der Waals surface area contributed by atoms with Gasteiger partial charge in [-0.05, 0) is 6.42 Å². The van der Waals surface area contributed by atoms with Gasteiger partial charge < -0.3 is 11.5 Å². The van der Waals surface area contributed by atoms with Crippen molar-refractivity contribution >= 4 is 18.3 Å². The first-order valence-corrected chi connectivity index (χ1v) is 4.70. The quantitative estimate of drug-likeness (QED) is 0.624. The summed E-state index contributed by atoms with van der Waals surface area (Å²) in [6.45, 7) is 2.17. The SMILES string of the molecule is CCCCCC[C@H](N)CC(N)=O.Cl. The maximum Gasteiger partial charge on any atom is 0.218 e. The normalized spacial score (nSPS) is 11.8. The van der Waals surface area contributed by atoms with Crippen LogP contribution < -0.4 is 11.5 Å². The minimum absolute atomic E-state index is 0. The van der Waals surface area contributed by atoms with Crippen LogP contribution in [-0.4, -0.2) is 11.9 Å². The van der Waals surface area contributed by atoms with Gasteiger partial charge in [0.1, 0.15) is 0 Å². The third-order valence-corrected chi connectivity index (χ3v) is 1.89. The van der Waals surface area contributed by atoms with E-state index in [-0.39, 0.29) is 24.4 Å². The summed E-state index contributed by atoms with van der Waals surface area (Å²) in [5, 5.41) is 0. The first kappa shape index (κ1) is 15.2. The van der Waals surface area contributed by atoms with Crippen LogP contribution in [0.4, 0.5) is 0 Å². The van der Waals surface area contributed by atoms with Crippen LogP contribution in [0.25, 0.3) is 0 Å².